The molecule has 4 heteroatoms. The number of carbonyl (C=O) groups excluding carboxylic acids is 1. The minimum absolute atomic E-state index is 0.711. The molecule has 1 atom stereocenters. The zero-order chi connectivity index (χ0) is 14.7. The standard InChI is InChI=1S/C17H13IN2O/c18-17(13-21)10-9-14(16-8-4-5-11-19-16)12-20(17)15-6-2-1-3-7-15/h1-13H. The van der Waals surface area contributed by atoms with Gasteiger partial charge in [-0.3, -0.25) is 9.78 Å². The van der Waals surface area contributed by atoms with Crippen molar-refractivity contribution in [1.29, 1.82) is 0 Å². The van der Waals surface area contributed by atoms with Gasteiger partial charge in [-0.15, -0.1) is 0 Å². The van der Waals surface area contributed by atoms with E-state index < -0.39 is 3.55 Å². The molecule has 21 heavy (non-hydrogen) atoms. The molecule has 1 unspecified atom stereocenters. The van der Waals surface area contributed by atoms with Gasteiger partial charge in [0.15, 0.2) is 9.83 Å². The summed E-state index contributed by atoms with van der Waals surface area (Å²) < 4.78 is -0.711. The molecule has 1 aliphatic heterocycles. The van der Waals surface area contributed by atoms with Crippen LogP contribution in [-0.4, -0.2) is 14.8 Å². The van der Waals surface area contributed by atoms with Gasteiger partial charge in [-0.2, -0.15) is 0 Å². The number of nitrogens with zero attached hydrogens (tertiary/aromatic N) is 2. The van der Waals surface area contributed by atoms with Crippen molar-refractivity contribution in [3.63, 3.8) is 0 Å². The summed E-state index contributed by atoms with van der Waals surface area (Å²) in [5, 5.41) is 0. The second kappa shape index (κ2) is 5.81. The maximum absolute atomic E-state index is 11.6. The van der Waals surface area contributed by atoms with E-state index in [1.54, 1.807) is 6.20 Å². The molecule has 1 aromatic heterocycles. The third-order valence-electron chi connectivity index (χ3n) is 3.29. The van der Waals surface area contributed by atoms with E-state index in [0.29, 0.717) is 0 Å². The predicted molar refractivity (Wildman–Crippen MR) is 93.1 cm³/mol. The first-order valence-electron chi connectivity index (χ1n) is 6.55. The highest BCUT2D eigenvalue weighted by Crippen LogP contribution is 2.35. The van der Waals surface area contributed by atoms with Gasteiger partial charge in [0, 0.05) is 23.7 Å². The van der Waals surface area contributed by atoms with Gasteiger partial charge in [0.25, 0.3) is 0 Å². The Morgan fingerprint density at radius 3 is 2.52 bits per heavy atom. The summed E-state index contributed by atoms with van der Waals surface area (Å²) in [7, 11) is 0. The van der Waals surface area contributed by atoms with Crippen LogP contribution >= 0.6 is 22.6 Å². The third kappa shape index (κ3) is 2.76. The summed E-state index contributed by atoms with van der Waals surface area (Å²) in [6, 6.07) is 15.7. The number of carbonyl (C=O) groups is 1. The SMILES string of the molecule is O=CC1(I)C=CC(c2ccccn2)=CN1c1ccccc1. The quantitative estimate of drug-likeness (QED) is 0.347. The van der Waals surface area contributed by atoms with Crippen molar-refractivity contribution in [2.75, 3.05) is 4.90 Å². The van der Waals surface area contributed by atoms with Crippen LogP contribution in [0.4, 0.5) is 5.69 Å². The monoisotopic (exact) mass is 388 g/mol. The Kier molecular flexibility index (Phi) is 3.88. The van der Waals surface area contributed by atoms with Gasteiger partial charge in [-0.05, 0) is 52.9 Å². The molecule has 0 saturated carbocycles. The Morgan fingerprint density at radius 2 is 1.86 bits per heavy atom. The summed E-state index contributed by atoms with van der Waals surface area (Å²) in [5.74, 6) is 0. The number of hydrogen-bond acceptors (Lipinski definition) is 3. The maximum Gasteiger partial charge on any atom is 0.170 e. The number of rotatable bonds is 3. The Balaban J connectivity index is 2.07. The molecule has 0 bridgehead atoms. The molecular formula is C17H13IN2O. The van der Waals surface area contributed by atoms with Crippen LogP contribution in [0.1, 0.15) is 5.69 Å². The largest absolute Gasteiger partial charge is 0.323 e. The average Bonchev–Trinajstić information content (AvgIpc) is 2.57. The van der Waals surface area contributed by atoms with Gasteiger partial charge in [-0.25, -0.2) is 0 Å². The summed E-state index contributed by atoms with van der Waals surface area (Å²) in [5.41, 5.74) is 2.84. The van der Waals surface area contributed by atoms with Crippen molar-refractivity contribution in [2.45, 2.75) is 3.55 Å². The Hall–Kier alpha value is -1.95. The molecule has 0 saturated heterocycles. The first-order chi connectivity index (χ1) is 10.2. The molecule has 1 aromatic carbocycles. The molecule has 3 rings (SSSR count). The minimum Gasteiger partial charge on any atom is -0.323 e. The van der Waals surface area contributed by atoms with E-state index in [2.05, 4.69) is 27.6 Å². The number of hydrogen-bond donors (Lipinski definition) is 0. The van der Waals surface area contributed by atoms with Gasteiger partial charge in [0.1, 0.15) is 0 Å². The van der Waals surface area contributed by atoms with E-state index >= 15 is 0 Å². The Bertz CT molecular complexity index is 697. The van der Waals surface area contributed by atoms with E-state index in [0.717, 1.165) is 23.2 Å². The highest BCUT2D eigenvalue weighted by molar-refractivity contribution is 14.1. The van der Waals surface area contributed by atoms with Gasteiger partial charge in [0.2, 0.25) is 0 Å². The van der Waals surface area contributed by atoms with Gasteiger partial charge in [-0.1, -0.05) is 30.3 Å². The molecule has 0 N–H and O–H groups in total. The summed E-state index contributed by atoms with van der Waals surface area (Å²) in [6.45, 7) is 0. The fourth-order valence-electron chi connectivity index (χ4n) is 2.21. The van der Waals surface area contributed by atoms with Crippen LogP contribution in [0.15, 0.2) is 73.1 Å². The first kappa shape index (κ1) is 14.0. The van der Waals surface area contributed by atoms with Crippen molar-refractivity contribution in [2.24, 2.45) is 0 Å². The molecule has 2 heterocycles. The number of benzene rings is 1. The number of halogens is 1. The van der Waals surface area contributed by atoms with Crippen LogP contribution in [0, 0.1) is 0 Å². The van der Waals surface area contributed by atoms with Crippen LogP contribution in [0.3, 0.4) is 0 Å². The first-order valence-corrected chi connectivity index (χ1v) is 7.63. The Labute approximate surface area is 137 Å². The van der Waals surface area contributed by atoms with Crippen molar-refractivity contribution in [1.82, 2.24) is 4.98 Å². The van der Waals surface area contributed by atoms with E-state index in [1.807, 2.05) is 71.8 Å². The lowest BCUT2D eigenvalue weighted by molar-refractivity contribution is -0.108. The molecule has 0 radical (unpaired) electrons. The maximum atomic E-state index is 11.6. The smallest absolute Gasteiger partial charge is 0.170 e. The lowest BCUT2D eigenvalue weighted by Gasteiger charge is -2.35. The van der Waals surface area contributed by atoms with Crippen LogP contribution in [0.2, 0.25) is 0 Å². The summed E-state index contributed by atoms with van der Waals surface area (Å²) in [4.78, 5) is 17.9. The van der Waals surface area contributed by atoms with Crippen LogP contribution in [-0.2, 0) is 4.79 Å². The number of para-hydroxylation sites is 1. The topological polar surface area (TPSA) is 33.2 Å². The number of alkyl halides is 1. The molecule has 1 aliphatic rings. The zero-order valence-electron chi connectivity index (χ0n) is 11.2. The lowest BCUT2D eigenvalue weighted by Crippen LogP contribution is -2.41. The number of pyridine rings is 1. The predicted octanol–water partition coefficient (Wildman–Crippen LogP) is 3.83. The van der Waals surface area contributed by atoms with Crippen LogP contribution in [0.25, 0.3) is 5.57 Å². The minimum atomic E-state index is -0.711. The van der Waals surface area contributed by atoms with E-state index in [4.69, 9.17) is 0 Å². The lowest BCUT2D eigenvalue weighted by atomic mass is 10.1. The Morgan fingerprint density at radius 1 is 1.10 bits per heavy atom. The van der Waals surface area contributed by atoms with Gasteiger partial charge >= 0.3 is 0 Å². The number of aldehydes is 1. The van der Waals surface area contributed by atoms with Crippen molar-refractivity contribution < 1.29 is 4.79 Å². The van der Waals surface area contributed by atoms with E-state index in [1.165, 1.54) is 0 Å². The second-order valence-corrected chi connectivity index (χ2v) is 6.41. The zero-order valence-corrected chi connectivity index (χ0v) is 13.3. The fourth-order valence-corrected chi connectivity index (χ4v) is 2.81. The van der Waals surface area contributed by atoms with Crippen molar-refractivity contribution in [3.05, 3.63) is 78.8 Å². The number of allylic oxidation sites excluding steroid dienone is 2. The fraction of sp³-hybridized carbons (Fsp3) is 0.0588. The number of aromatic nitrogens is 1. The number of anilines is 1. The van der Waals surface area contributed by atoms with Gasteiger partial charge in [0.05, 0.1) is 5.69 Å². The third-order valence-corrected chi connectivity index (χ3v) is 4.43. The molecule has 2 aromatic rings. The van der Waals surface area contributed by atoms with E-state index in [9.17, 15) is 4.79 Å². The molecule has 0 aliphatic carbocycles. The average molecular weight is 388 g/mol. The molecular weight excluding hydrogens is 375 g/mol. The van der Waals surface area contributed by atoms with E-state index in [-0.39, 0.29) is 0 Å². The molecule has 104 valence electrons. The molecule has 0 amide bonds. The molecule has 0 spiro atoms. The summed E-state index contributed by atoms with van der Waals surface area (Å²) >= 11 is 2.15. The molecule has 0 fully saturated rings. The normalized spacial score (nSPS) is 21.0. The summed E-state index contributed by atoms with van der Waals surface area (Å²) in [6.07, 6.45) is 8.53. The van der Waals surface area contributed by atoms with Crippen molar-refractivity contribution >= 4 is 40.1 Å². The van der Waals surface area contributed by atoms with Crippen LogP contribution in [0.5, 0.6) is 0 Å². The highest BCUT2D eigenvalue weighted by atomic mass is 127. The van der Waals surface area contributed by atoms with Crippen molar-refractivity contribution in [3.8, 4) is 0 Å². The van der Waals surface area contributed by atoms with Crippen LogP contribution < -0.4 is 4.90 Å². The molecule has 3 nitrogen and oxygen atoms in total. The second-order valence-electron chi connectivity index (χ2n) is 4.68. The van der Waals surface area contributed by atoms with Gasteiger partial charge < -0.3 is 4.90 Å². The highest BCUT2D eigenvalue weighted by Gasteiger charge is 2.33.